The van der Waals surface area contributed by atoms with Crippen molar-refractivity contribution in [2.75, 3.05) is 13.6 Å². The number of nitrogens with one attached hydrogen (secondary N) is 1. The normalized spacial score (nSPS) is 32.8. The fourth-order valence-corrected chi connectivity index (χ4v) is 6.10. The van der Waals surface area contributed by atoms with E-state index in [1.807, 2.05) is 6.92 Å². The lowest BCUT2D eigenvalue weighted by molar-refractivity contribution is -0.149. The van der Waals surface area contributed by atoms with Gasteiger partial charge in [-0.05, 0) is 61.0 Å². The van der Waals surface area contributed by atoms with Crippen LogP contribution in [0, 0.1) is 40.4 Å². The highest BCUT2D eigenvalue weighted by atomic mass is 16.3. The quantitative estimate of drug-likeness (QED) is 0.707. The number of carbonyl (C=O) groups excluding carboxylic acids is 2. The monoisotopic (exact) mass is 440 g/mol. The second-order valence-electron chi connectivity index (χ2n) is 10.0. The Morgan fingerprint density at radius 3 is 2.75 bits per heavy atom. The Bertz CT molecular complexity index is 854. The van der Waals surface area contributed by atoms with Crippen LogP contribution in [0.3, 0.4) is 0 Å². The van der Waals surface area contributed by atoms with Crippen molar-refractivity contribution in [1.29, 1.82) is 5.26 Å². The highest BCUT2D eigenvalue weighted by Gasteiger charge is 2.54. The molecule has 7 atom stereocenters. The molecule has 2 amide bonds. The Labute approximate surface area is 191 Å². The van der Waals surface area contributed by atoms with Crippen molar-refractivity contribution in [3.05, 3.63) is 30.1 Å². The van der Waals surface area contributed by atoms with Gasteiger partial charge in [0.1, 0.15) is 5.69 Å². The van der Waals surface area contributed by atoms with E-state index in [0.717, 1.165) is 25.7 Å². The van der Waals surface area contributed by atoms with Crippen molar-refractivity contribution in [2.45, 2.75) is 65.0 Å². The number of nitrogens with zero attached hydrogens (tertiary/aromatic N) is 3. The number of aliphatic hydroxyl groups is 1. The molecule has 32 heavy (non-hydrogen) atoms. The minimum absolute atomic E-state index is 0.00294. The Balaban J connectivity index is 1.73. The molecular weight excluding hydrogens is 404 g/mol. The summed E-state index contributed by atoms with van der Waals surface area (Å²) in [6, 6.07) is 7.32. The second-order valence-corrected chi connectivity index (χ2v) is 10.0. The number of amides is 2. The smallest absolute Gasteiger partial charge is 0.270 e. The van der Waals surface area contributed by atoms with E-state index in [4.69, 9.17) is 5.26 Å². The van der Waals surface area contributed by atoms with Crippen LogP contribution in [-0.4, -0.2) is 52.5 Å². The third-order valence-corrected chi connectivity index (χ3v) is 8.07. The summed E-state index contributed by atoms with van der Waals surface area (Å²) in [6.07, 6.45) is 4.88. The zero-order chi connectivity index (χ0) is 23.5. The van der Waals surface area contributed by atoms with Crippen molar-refractivity contribution in [1.82, 2.24) is 15.2 Å². The highest BCUT2D eigenvalue weighted by molar-refractivity contribution is 5.92. The van der Waals surface area contributed by atoms with Crippen molar-refractivity contribution < 1.29 is 14.7 Å². The number of hydrogen-bond acceptors (Lipinski definition) is 5. The van der Waals surface area contributed by atoms with Crippen LogP contribution in [0.25, 0.3) is 0 Å². The zero-order valence-corrected chi connectivity index (χ0v) is 19.6. The molecule has 2 N–H and O–H groups in total. The Morgan fingerprint density at radius 2 is 2.09 bits per heavy atom. The lowest BCUT2D eigenvalue weighted by Crippen LogP contribution is -2.58. The Kier molecular flexibility index (Phi) is 7.55. The van der Waals surface area contributed by atoms with E-state index in [0.29, 0.717) is 18.7 Å². The summed E-state index contributed by atoms with van der Waals surface area (Å²) in [5.74, 6) is -0.555. The van der Waals surface area contributed by atoms with E-state index in [1.165, 1.54) is 0 Å². The summed E-state index contributed by atoms with van der Waals surface area (Å²) < 4.78 is 0. The number of nitriles is 1. The van der Waals surface area contributed by atoms with Crippen molar-refractivity contribution in [3.8, 4) is 6.07 Å². The van der Waals surface area contributed by atoms with Crippen LogP contribution in [-0.2, 0) is 4.79 Å². The molecule has 0 aliphatic heterocycles. The number of fused-ring (bicyclic) bond motifs is 1. The molecule has 0 saturated heterocycles. The minimum atomic E-state index is -0.610. The van der Waals surface area contributed by atoms with E-state index in [1.54, 1.807) is 36.3 Å². The fourth-order valence-electron chi connectivity index (χ4n) is 6.10. The van der Waals surface area contributed by atoms with Crippen molar-refractivity contribution in [2.24, 2.45) is 29.1 Å². The summed E-state index contributed by atoms with van der Waals surface area (Å²) in [6.45, 7) is 6.66. The number of aromatic nitrogens is 1. The standard InChI is InChI=1S/C25H36N4O3/c1-16(24(32)29(4)15-7-13-26)18-9-11-25(3)12-10-19(17(2)21(25)22(18)30)28-23(31)20-8-5-6-14-27-20/h5-6,8,14,16-19,21-22,30H,7,9-12,15H2,1-4H3,(H,28,31). The molecule has 1 aromatic rings. The molecular formula is C25H36N4O3. The molecule has 7 heteroatoms. The molecule has 1 aromatic heterocycles. The predicted molar refractivity (Wildman–Crippen MR) is 121 cm³/mol. The third-order valence-electron chi connectivity index (χ3n) is 8.07. The van der Waals surface area contributed by atoms with E-state index in [9.17, 15) is 14.7 Å². The van der Waals surface area contributed by atoms with Crippen molar-refractivity contribution >= 4 is 11.8 Å². The molecule has 3 rings (SSSR count). The van der Waals surface area contributed by atoms with Gasteiger partial charge in [0.15, 0.2) is 0 Å². The summed E-state index contributed by atoms with van der Waals surface area (Å²) in [4.78, 5) is 31.4. The van der Waals surface area contributed by atoms with E-state index >= 15 is 0 Å². The van der Waals surface area contributed by atoms with Gasteiger partial charge in [-0.25, -0.2) is 0 Å². The number of pyridine rings is 1. The first kappa shape index (κ1) is 24.2. The van der Waals surface area contributed by atoms with Gasteiger partial charge in [-0.15, -0.1) is 0 Å². The SMILES string of the molecule is CC(C(=O)N(C)CCC#N)C1CCC2(C)CCC(NC(=O)c3ccccn3)C(C)C2C1O. The molecule has 0 radical (unpaired) electrons. The second kappa shape index (κ2) is 9.99. The van der Waals surface area contributed by atoms with Gasteiger partial charge in [0.05, 0.1) is 18.6 Å². The molecule has 2 fully saturated rings. The molecule has 0 spiro atoms. The summed E-state index contributed by atoms with van der Waals surface area (Å²) in [5, 5.41) is 23.5. The first-order valence-electron chi connectivity index (χ1n) is 11.7. The predicted octanol–water partition coefficient (Wildman–Crippen LogP) is 3.01. The molecule has 0 aromatic carbocycles. The van der Waals surface area contributed by atoms with E-state index in [2.05, 4.69) is 30.2 Å². The highest BCUT2D eigenvalue weighted by Crippen LogP contribution is 2.55. The van der Waals surface area contributed by atoms with Gasteiger partial charge in [-0.3, -0.25) is 14.6 Å². The van der Waals surface area contributed by atoms with Crippen LogP contribution in [0.4, 0.5) is 0 Å². The minimum Gasteiger partial charge on any atom is -0.392 e. The average molecular weight is 441 g/mol. The molecule has 2 aliphatic rings. The van der Waals surface area contributed by atoms with Gasteiger partial charge in [0.2, 0.25) is 5.91 Å². The first-order chi connectivity index (χ1) is 15.2. The molecule has 7 nitrogen and oxygen atoms in total. The molecule has 7 unspecified atom stereocenters. The average Bonchev–Trinajstić information content (AvgIpc) is 2.79. The molecule has 174 valence electrons. The Morgan fingerprint density at radius 1 is 1.38 bits per heavy atom. The Hall–Kier alpha value is -2.46. The van der Waals surface area contributed by atoms with Gasteiger partial charge in [0.25, 0.3) is 5.91 Å². The van der Waals surface area contributed by atoms with Gasteiger partial charge < -0.3 is 15.3 Å². The van der Waals surface area contributed by atoms with E-state index < -0.39 is 6.10 Å². The van der Waals surface area contributed by atoms with Gasteiger partial charge in [0, 0.05) is 31.7 Å². The number of hydrogen-bond donors (Lipinski definition) is 2. The summed E-state index contributed by atoms with van der Waals surface area (Å²) in [7, 11) is 1.72. The van der Waals surface area contributed by atoms with Crippen LogP contribution in [0.15, 0.2) is 24.4 Å². The van der Waals surface area contributed by atoms with Gasteiger partial charge >= 0.3 is 0 Å². The topological polar surface area (TPSA) is 106 Å². The number of carbonyl (C=O) groups is 2. The van der Waals surface area contributed by atoms with Crippen LogP contribution in [0.5, 0.6) is 0 Å². The van der Waals surface area contributed by atoms with Crippen LogP contribution in [0.1, 0.15) is 63.4 Å². The van der Waals surface area contributed by atoms with Crippen LogP contribution in [0.2, 0.25) is 0 Å². The number of rotatable bonds is 6. The summed E-state index contributed by atoms with van der Waals surface area (Å²) in [5.41, 5.74) is 0.395. The fraction of sp³-hybridized carbons (Fsp3) is 0.680. The van der Waals surface area contributed by atoms with E-state index in [-0.39, 0.29) is 46.9 Å². The summed E-state index contributed by atoms with van der Waals surface area (Å²) >= 11 is 0. The maximum atomic E-state index is 12.9. The lowest BCUT2D eigenvalue weighted by atomic mass is 9.51. The third kappa shape index (κ3) is 4.80. The molecule has 0 bridgehead atoms. The lowest BCUT2D eigenvalue weighted by Gasteiger charge is -2.56. The zero-order valence-electron chi connectivity index (χ0n) is 19.6. The molecule has 2 aliphatic carbocycles. The van der Waals surface area contributed by atoms with Crippen molar-refractivity contribution in [3.63, 3.8) is 0 Å². The van der Waals surface area contributed by atoms with Crippen LogP contribution < -0.4 is 5.32 Å². The number of aliphatic hydroxyl groups excluding tert-OH is 1. The molecule has 1 heterocycles. The van der Waals surface area contributed by atoms with Crippen LogP contribution >= 0.6 is 0 Å². The first-order valence-corrected chi connectivity index (χ1v) is 11.7. The molecule has 2 saturated carbocycles. The largest absolute Gasteiger partial charge is 0.392 e. The maximum Gasteiger partial charge on any atom is 0.270 e. The maximum absolute atomic E-state index is 12.9. The van der Waals surface area contributed by atoms with Gasteiger partial charge in [-0.1, -0.05) is 26.8 Å². The van der Waals surface area contributed by atoms with Gasteiger partial charge in [-0.2, -0.15) is 5.26 Å².